The molecule has 4 nitrogen and oxygen atoms in total. The Morgan fingerprint density at radius 1 is 1.37 bits per heavy atom. The van der Waals surface area contributed by atoms with Crippen LogP contribution in [-0.4, -0.2) is 34.8 Å². The van der Waals surface area contributed by atoms with Gasteiger partial charge in [0.1, 0.15) is 5.54 Å². The summed E-state index contributed by atoms with van der Waals surface area (Å²) >= 11 is 0. The van der Waals surface area contributed by atoms with E-state index in [9.17, 15) is 9.59 Å². The maximum Gasteiger partial charge on any atom is 0.248 e. The second kappa shape index (κ2) is 5.14. The molecule has 2 aliphatic rings. The van der Waals surface area contributed by atoms with E-state index in [4.69, 9.17) is 0 Å². The lowest BCUT2D eigenvalue weighted by molar-refractivity contribution is -0.142. The molecule has 0 bridgehead atoms. The Labute approximate surface area is 115 Å². The molecule has 0 aromatic rings. The molecule has 1 aliphatic heterocycles. The quantitative estimate of drug-likeness (QED) is 0.845. The largest absolute Gasteiger partial charge is 0.342 e. The van der Waals surface area contributed by atoms with Gasteiger partial charge in [0.05, 0.1) is 0 Å². The zero-order valence-corrected chi connectivity index (χ0v) is 12.5. The van der Waals surface area contributed by atoms with Gasteiger partial charge in [0, 0.05) is 19.0 Å². The topological polar surface area (TPSA) is 49.4 Å². The lowest BCUT2D eigenvalue weighted by Crippen LogP contribution is -2.59. The van der Waals surface area contributed by atoms with E-state index in [1.165, 1.54) is 0 Å². The summed E-state index contributed by atoms with van der Waals surface area (Å²) in [4.78, 5) is 26.8. The number of hydrogen-bond acceptors (Lipinski definition) is 2. The Balaban J connectivity index is 2.28. The third kappa shape index (κ3) is 2.63. The molecule has 2 amide bonds. The van der Waals surface area contributed by atoms with Gasteiger partial charge in [0.2, 0.25) is 11.8 Å². The fourth-order valence-corrected chi connectivity index (χ4v) is 3.33. The molecule has 0 aromatic heterocycles. The highest BCUT2D eigenvalue weighted by molar-refractivity contribution is 5.94. The summed E-state index contributed by atoms with van der Waals surface area (Å²) in [6.07, 6.45) is 3.47. The number of rotatable bonds is 4. The first kappa shape index (κ1) is 14.4. The summed E-state index contributed by atoms with van der Waals surface area (Å²) in [5.41, 5.74) is -0.671. The number of nitrogens with one attached hydrogen (secondary N) is 1. The van der Waals surface area contributed by atoms with Crippen molar-refractivity contribution in [2.45, 2.75) is 65.0 Å². The van der Waals surface area contributed by atoms with Gasteiger partial charge in [-0.2, -0.15) is 0 Å². The molecule has 1 heterocycles. The molecule has 0 radical (unpaired) electrons. The maximum atomic E-state index is 12.9. The molecule has 2 atom stereocenters. The van der Waals surface area contributed by atoms with Crippen molar-refractivity contribution >= 4 is 11.8 Å². The van der Waals surface area contributed by atoms with Gasteiger partial charge in [-0.25, -0.2) is 0 Å². The predicted octanol–water partition coefficient (Wildman–Crippen LogP) is 1.94. The normalized spacial score (nSPS) is 30.3. The first-order chi connectivity index (χ1) is 8.90. The average Bonchev–Trinajstić information content (AvgIpc) is 3.16. The van der Waals surface area contributed by atoms with Crippen molar-refractivity contribution in [1.29, 1.82) is 0 Å². The van der Waals surface area contributed by atoms with Crippen LogP contribution in [0.2, 0.25) is 0 Å². The van der Waals surface area contributed by atoms with Crippen molar-refractivity contribution in [3.63, 3.8) is 0 Å². The highest BCUT2D eigenvalue weighted by atomic mass is 16.2. The number of nitrogens with zero attached hydrogens (tertiary/aromatic N) is 1. The average molecular weight is 266 g/mol. The van der Waals surface area contributed by atoms with Crippen molar-refractivity contribution in [1.82, 2.24) is 10.2 Å². The van der Waals surface area contributed by atoms with Gasteiger partial charge in [-0.05, 0) is 38.0 Å². The third-order valence-electron chi connectivity index (χ3n) is 4.67. The Morgan fingerprint density at radius 2 is 2.00 bits per heavy atom. The minimum absolute atomic E-state index is 0.0175. The van der Waals surface area contributed by atoms with Gasteiger partial charge in [0.25, 0.3) is 0 Å². The molecule has 4 heteroatoms. The molecule has 0 spiro atoms. The fraction of sp³-hybridized carbons (Fsp3) is 0.867. The number of hydrogen-bond donors (Lipinski definition) is 1. The van der Waals surface area contributed by atoms with E-state index in [0.29, 0.717) is 24.8 Å². The molecule has 1 N–H and O–H groups in total. The van der Waals surface area contributed by atoms with Gasteiger partial charge < -0.3 is 10.2 Å². The maximum absolute atomic E-state index is 12.9. The van der Waals surface area contributed by atoms with Crippen LogP contribution in [0.3, 0.4) is 0 Å². The summed E-state index contributed by atoms with van der Waals surface area (Å²) in [6.45, 7) is 8.89. The fourth-order valence-electron chi connectivity index (χ4n) is 3.33. The molecule has 2 fully saturated rings. The second-order valence-corrected chi connectivity index (χ2v) is 6.49. The van der Waals surface area contributed by atoms with Crippen molar-refractivity contribution in [3.8, 4) is 0 Å². The summed E-state index contributed by atoms with van der Waals surface area (Å²) in [5, 5.41) is 2.98. The van der Waals surface area contributed by atoms with E-state index in [1.54, 1.807) is 0 Å². The summed E-state index contributed by atoms with van der Waals surface area (Å²) < 4.78 is 0. The minimum atomic E-state index is -0.671. The monoisotopic (exact) mass is 266 g/mol. The first-order valence-electron chi connectivity index (χ1n) is 7.52. The lowest BCUT2D eigenvalue weighted by Gasteiger charge is -2.38. The van der Waals surface area contributed by atoms with Crippen LogP contribution in [-0.2, 0) is 9.59 Å². The van der Waals surface area contributed by atoms with E-state index >= 15 is 0 Å². The smallest absolute Gasteiger partial charge is 0.248 e. The van der Waals surface area contributed by atoms with Gasteiger partial charge in [-0.15, -0.1) is 0 Å². The molecule has 0 aromatic carbocycles. The SMILES string of the molecule is CCC(C(C)C)N1CCC(=O)NC(C)(C2CC2)C1=O. The Kier molecular flexibility index (Phi) is 3.88. The first-order valence-corrected chi connectivity index (χ1v) is 7.52. The number of carbonyl (C=O) groups excluding carboxylic acids is 2. The zero-order chi connectivity index (χ0) is 14.2. The molecule has 1 saturated carbocycles. The minimum Gasteiger partial charge on any atom is -0.342 e. The Bertz CT molecular complexity index is 376. The van der Waals surface area contributed by atoms with Crippen LogP contribution in [0.4, 0.5) is 0 Å². The van der Waals surface area contributed by atoms with E-state index < -0.39 is 5.54 Å². The van der Waals surface area contributed by atoms with E-state index in [1.807, 2.05) is 11.8 Å². The lowest BCUT2D eigenvalue weighted by atomic mass is 9.91. The van der Waals surface area contributed by atoms with Crippen LogP contribution in [0.5, 0.6) is 0 Å². The number of amides is 2. The molecule has 108 valence electrons. The van der Waals surface area contributed by atoms with Gasteiger partial charge in [0.15, 0.2) is 0 Å². The van der Waals surface area contributed by atoms with Crippen molar-refractivity contribution < 1.29 is 9.59 Å². The van der Waals surface area contributed by atoms with Crippen LogP contribution in [0, 0.1) is 11.8 Å². The van der Waals surface area contributed by atoms with Crippen LogP contribution >= 0.6 is 0 Å². The van der Waals surface area contributed by atoms with Gasteiger partial charge in [-0.1, -0.05) is 20.8 Å². The Morgan fingerprint density at radius 3 is 2.47 bits per heavy atom. The highest BCUT2D eigenvalue weighted by Crippen LogP contribution is 2.42. The van der Waals surface area contributed by atoms with Crippen LogP contribution < -0.4 is 5.32 Å². The zero-order valence-electron chi connectivity index (χ0n) is 12.5. The van der Waals surface area contributed by atoms with E-state index in [-0.39, 0.29) is 17.9 Å². The predicted molar refractivity (Wildman–Crippen MR) is 74.5 cm³/mol. The molecule has 1 saturated heterocycles. The molecule has 1 aliphatic carbocycles. The van der Waals surface area contributed by atoms with E-state index in [0.717, 1.165) is 19.3 Å². The van der Waals surface area contributed by atoms with E-state index in [2.05, 4.69) is 26.1 Å². The van der Waals surface area contributed by atoms with Crippen molar-refractivity contribution in [2.24, 2.45) is 11.8 Å². The van der Waals surface area contributed by atoms with Crippen molar-refractivity contribution in [3.05, 3.63) is 0 Å². The number of carbonyl (C=O) groups is 2. The second-order valence-electron chi connectivity index (χ2n) is 6.49. The molecule has 2 unspecified atom stereocenters. The van der Waals surface area contributed by atoms with Gasteiger partial charge in [-0.3, -0.25) is 9.59 Å². The molecular weight excluding hydrogens is 240 g/mol. The Hall–Kier alpha value is -1.06. The van der Waals surface area contributed by atoms with Crippen LogP contribution in [0.1, 0.15) is 53.4 Å². The molecular formula is C15H26N2O2. The van der Waals surface area contributed by atoms with Crippen molar-refractivity contribution in [2.75, 3.05) is 6.54 Å². The summed E-state index contributed by atoms with van der Waals surface area (Å²) in [7, 11) is 0. The standard InChI is InChI=1S/C15H26N2O2/c1-5-12(10(2)3)17-9-8-13(18)16-15(4,14(17)19)11-6-7-11/h10-12H,5-9H2,1-4H3,(H,16,18). The van der Waals surface area contributed by atoms with Crippen LogP contribution in [0.15, 0.2) is 0 Å². The third-order valence-corrected chi connectivity index (χ3v) is 4.67. The van der Waals surface area contributed by atoms with Crippen LogP contribution in [0.25, 0.3) is 0 Å². The van der Waals surface area contributed by atoms with Gasteiger partial charge >= 0.3 is 0 Å². The highest BCUT2D eigenvalue weighted by Gasteiger charge is 2.52. The summed E-state index contributed by atoms with van der Waals surface area (Å²) in [6, 6.07) is 0.235. The summed E-state index contributed by atoms with van der Waals surface area (Å²) in [5.74, 6) is 0.894. The molecule has 2 rings (SSSR count). The molecule has 19 heavy (non-hydrogen) atoms.